The zero-order valence-corrected chi connectivity index (χ0v) is 22.9. The number of anilines is 1. The minimum absolute atomic E-state index is 0.00830. The Hall–Kier alpha value is -3.69. The van der Waals surface area contributed by atoms with E-state index in [9.17, 15) is 19.2 Å². The number of likely N-dealkylation sites (tertiary alicyclic amines) is 1. The number of H-pyrrole nitrogens is 1. The highest BCUT2D eigenvalue weighted by atomic mass is 32.2. The van der Waals surface area contributed by atoms with E-state index in [-0.39, 0.29) is 58.1 Å². The van der Waals surface area contributed by atoms with Crippen molar-refractivity contribution in [3.8, 4) is 0 Å². The van der Waals surface area contributed by atoms with Crippen LogP contribution < -0.4 is 10.2 Å². The first-order chi connectivity index (χ1) is 19.5. The summed E-state index contributed by atoms with van der Waals surface area (Å²) in [6, 6.07) is 23.7. The molecule has 6 unspecified atom stereocenters. The molecule has 1 saturated heterocycles. The number of aromatic nitrogens is 1. The summed E-state index contributed by atoms with van der Waals surface area (Å²) in [6.45, 7) is -0.279. The van der Waals surface area contributed by atoms with Gasteiger partial charge in [0.2, 0.25) is 17.7 Å². The summed E-state index contributed by atoms with van der Waals surface area (Å²) in [5.74, 6) is -1.41. The largest absolute Gasteiger partial charge is 0.324 e. The fraction of sp³-hybridized carbons (Fsp3) is 0.290. The highest BCUT2D eigenvalue weighted by molar-refractivity contribution is 8.00. The van der Waals surface area contributed by atoms with Crippen molar-refractivity contribution in [3.63, 3.8) is 0 Å². The van der Waals surface area contributed by atoms with Crippen LogP contribution >= 0.6 is 23.1 Å². The maximum Gasteiger partial charge on any atom is 0.305 e. The first-order valence-corrected chi connectivity index (χ1v) is 15.3. The molecular weight excluding hydrogens is 542 g/mol. The van der Waals surface area contributed by atoms with Gasteiger partial charge in [-0.05, 0) is 41.2 Å². The van der Waals surface area contributed by atoms with Gasteiger partial charge in [0.25, 0.3) is 0 Å². The van der Waals surface area contributed by atoms with Crippen LogP contribution in [0.4, 0.5) is 5.69 Å². The van der Waals surface area contributed by atoms with Gasteiger partial charge in [-0.3, -0.25) is 24.1 Å². The zero-order valence-electron chi connectivity index (χ0n) is 21.3. The molecule has 2 aliphatic heterocycles. The normalized spacial score (nSPS) is 29.9. The Bertz CT molecular complexity index is 1760. The van der Waals surface area contributed by atoms with Crippen molar-refractivity contribution in [3.05, 3.63) is 92.9 Å². The monoisotopic (exact) mass is 567 g/mol. The van der Waals surface area contributed by atoms with E-state index in [2.05, 4.69) is 22.4 Å². The molecule has 0 radical (unpaired) electrons. The number of imide groups is 1. The highest BCUT2D eigenvalue weighted by Crippen LogP contribution is 2.68. The van der Waals surface area contributed by atoms with Crippen LogP contribution in [0.25, 0.3) is 10.8 Å². The summed E-state index contributed by atoms with van der Waals surface area (Å²) in [6.07, 6.45) is 0.827. The van der Waals surface area contributed by atoms with Gasteiger partial charge in [0.05, 0.1) is 16.9 Å². The Kier molecular flexibility index (Phi) is 5.37. The second kappa shape index (κ2) is 8.91. The van der Waals surface area contributed by atoms with Gasteiger partial charge in [-0.15, -0.1) is 11.8 Å². The molecule has 2 aliphatic carbocycles. The summed E-state index contributed by atoms with van der Waals surface area (Å²) < 4.78 is 0. The first-order valence-electron chi connectivity index (χ1n) is 13.6. The smallest absolute Gasteiger partial charge is 0.305 e. The molecule has 40 heavy (non-hydrogen) atoms. The maximum absolute atomic E-state index is 13.8. The second-order valence-corrected chi connectivity index (χ2v) is 13.4. The standard InChI is InChI=1S/C31H25N3O4S2/c35-21(32-20-12-6-10-15-7-4-5-11-17(15)20)14-34-29(36)24-18-13-19(25(24)30(34)37)26-23(18)22(16-8-2-1-3-9-16)27-28(39-26)33-31(38)40-27/h1-12,18-19,22-26H,13-14H2,(H,32,35)(H,33,38)/t18?,19?,22-,23?,24?,25?,26?/m1/s1. The van der Waals surface area contributed by atoms with Gasteiger partial charge in [0.15, 0.2) is 0 Å². The predicted octanol–water partition coefficient (Wildman–Crippen LogP) is 4.70. The molecule has 9 heteroatoms. The predicted molar refractivity (Wildman–Crippen MR) is 154 cm³/mol. The van der Waals surface area contributed by atoms with Crippen molar-refractivity contribution in [2.75, 3.05) is 11.9 Å². The van der Waals surface area contributed by atoms with E-state index >= 15 is 0 Å². The number of benzene rings is 3. The summed E-state index contributed by atoms with van der Waals surface area (Å²) >= 11 is 2.93. The Labute approximate surface area is 238 Å². The quantitative estimate of drug-likeness (QED) is 0.348. The second-order valence-electron chi connectivity index (χ2n) is 11.2. The number of nitrogens with zero attached hydrogens (tertiary/aromatic N) is 1. The van der Waals surface area contributed by atoms with Crippen molar-refractivity contribution >= 4 is 57.3 Å². The van der Waals surface area contributed by atoms with Crippen LogP contribution in [0, 0.1) is 29.6 Å². The van der Waals surface area contributed by atoms with Crippen molar-refractivity contribution < 1.29 is 14.4 Å². The van der Waals surface area contributed by atoms with Crippen LogP contribution in [0.1, 0.15) is 22.8 Å². The Morgan fingerprint density at radius 1 is 0.900 bits per heavy atom. The molecular formula is C31H25N3O4S2. The number of rotatable bonds is 4. The lowest BCUT2D eigenvalue weighted by Gasteiger charge is -2.43. The molecule has 2 saturated carbocycles. The zero-order chi connectivity index (χ0) is 27.1. The third kappa shape index (κ3) is 3.43. The molecule has 2 N–H and O–H groups in total. The van der Waals surface area contributed by atoms with Gasteiger partial charge in [0, 0.05) is 27.1 Å². The number of thiazole rings is 1. The number of amides is 3. The van der Waals surface area contributed by atoms with Gasteiger partial charge in [-0.2, -0.15) is 0 Å². The molecule has 3 amide bonds. The number of nitrogens with one attached hydrogen (secondary N) is 2. The number of hydrogen-bond acceptors (Lipinski definition) is 6. The molecule has 3 heterocycles. The summed E-state index contributed by atoms with van der Waals surface area (Å²) in [5, 5.41) is 5.87. The minimum atomic E-state index is -0.409. The third-order valence-electron chi connectivity index (χ3n) is 9.34. The van der Waals surface area contributed by atoms with Gasteiger partial charge >= 0.3 is 4.87 Å². The van der Waals surface area contributed by atoms with E-state index in [1.807, 2.05) is 60.7 Å². The lowest BCUT2D eigenvalue weighted by molar-refractivity contribution is -0.143. The lowest BCUT2D eigenvalue weighted by Crippen LogP contribution is -2.42. The molecule has 2 bridgehead atoms. The molecule has 200 valence electrons. The summed E-state index contributed by atoms with van der Waals surface area (Å²) in [5.41, 5.74) is 1.80. The molecule has 3 aromatic carbocycles. The fourth-order valence-electron chi connectivity index (χ4n) is 7.94. The van der Waals surface area contributed by atoms with Gasteiger partial charge < -0.3 is 10.3 Å². The Morgan fingerprint density at radius 3 is 2.45 bits per heavy atom. The number of thioether (sulfide) groups is 1. The Balaban J connectivity index is 1.09. The van der Waals surface area contributed by atoms with Crippen LogP contribution in [0.15, 0.2) is 82.6 Å². The molecule has 0 spiro atoms. The number of aromatic amines is 1. The van der Waals surface area contributed by atoms with Crippen molar-refractivity contribution in [1.82, 2.24) is 9.88 Å². The average Bonchev–Trinajstić information content (AvgIpc) is 3.70. The average molecular weight is 568 g/mol. The van der Waals surface area contributed by atoms with E-state index < -0.39 is 11.8 Å². The Morgan fingerprint density at radius 2 is 1.62 bits per heavy atom. The number of fused-ring (bicyclic) bond motifs is 10. The van der Waals surface area contributed by atoms with Crippen LogP contribution in [-0.4, -0.2) is 39.4 Å². The summed E-state index contributed by atoms with van der Waals surface area (Å²) in [7, 11) is 0. The van der Waals surface area contributed by atoms with E-state index in [1.165, 1.54) is 16.2 Å². The van der Waals surface area contributed by atoms with Gasteiger partial charge in [-0.1, -0.05) is 78.1 Å². The maximum atomic E-state index is 13.8. The minimum Gasteiger partial charge on any atom is -0.324 e. The first kappa shape index (κ1) is 24.1. The molecule has 8 rings (SSSR count). The molecule has 1 aromatic heterocycles. The van der Waals surface area contributed by atoms with E-state index in [4.69, 9.17) is 0 Å². The molecule has 7 atom stereocenters. The van der Waals surface area contributed by atoms with Crippen LogP contribution in [0.3, 0.4) is 0 Å². The van der Waals surface area contributed by atoms with Crippen molar-refractivity contribution in [2.45, 2.75) is 22.6 Å². The fourth-order valence-corrected chi connectivity index (χ4v) is 10.8. The van der Waals surface area contributed by atoms with Crippen molar-refractivity contribution in [2.24, 2.45) is 29.6 Å². The van der Waals surface area contributed by atoms with Gasteiger partial charge in [0.1, 0.15) is 6.54 Å². The van der Waals surface area contributed by atoms with Gasteiger partial charge in [-0.25, -0.2) is 0 Å². The van der Waals surface area contributed by atoms with Crippen LogP contribution in [0.2, 0.25) is 0 Å². The van der Waals surface area contributed by atoms with Crippen LogP contribution in [0.5, 0.6) is 0 Å². The molecule has 3 fully saturated rings. The highest BCUT2D eigenvalue weighted by Gasteiger charge is 2.69. The van der Waals surface area contributed by atoms with Crippen LogP contribution in [-0.2, 0) is 14.4 Å². The molecule has 4 aliphatic rings. The topological polar surface area (TPSA) is 99.3 Å². The van der Waals surface area contributed by atoms with Crippen molar-refractivity contribution in [1.29, 1.82) is 0 Å². The van der Waals surface area contributed by atoms with E-state index in [0.29, 0.717) is 5.69 Å². The number of carbonyl (C=O) groups excluding carboxylic acids is 3. The number of carbonyl (C=O) groups is 3. The van der Waals surface area contributed by atoms with E-state index in [1.54, 1.807) is 11.8 Å². The lowest BCUT2D eigenvalue weighted by atomic mass is 9.68. The SMILES string of the molecule is O=C(CN1C(=O)C2C3CC(C2C1=O)C1C3Sc2[nH]c(=O)sc2[C@@H]1c1ccccc1)Nc1cccc2ccccc12. The summed E-state index contributed by atoms with van der Waals surface area (Å²) in [4.78, 5) is 58.3. The van der Waals surface area contributed by atoms with E-state index in [0.717, 1.165) is 32.7 Å². The molecule has 4 aromatic rings. The number of hydrogen-bond donors (Lipinski definition) is 2. The molecule has 7 nitrogen and oxygen atoms in total. The third-order valence-corrected chi connectivity index (χ3v) is 11.9.